The Labute approximate surface area is 150 Å². The molecule has 2 heterocycles. The molecule has 0 saturated carbocycles. The van der Waals surface area contributed by atoms with E-state index >= 15 is 0 Å². The molecule has 0 aliphatic carbocycles. The maximum atomic E-state index is 12.8. The van der Waals surface area contributed by atoms with Crippen molar-refractivity contribution in [2.24, 2.45) is 11.8 Å². The van der Waals surface area contributed by atoms with Gasteiger partial charge in [-0.05, 0) is 42.0 Å². The number of hydrogen-bond acceptors (Lipinski definition) is 3. The smallest absolute Gasteiger partial charge is 0.243 e. The molecule has 0 aromatic heterocycles. The highest BCUT2D eigenvalue weighted by Gasteiger charge is 2.44. The van der Waals surface area contributed by atoms with Gasteiger partial charge in [-0.1, -0.05) is 42.5 Å². The highest BCUT2D eigenvalue weighted by Crippen LogP contribution is 2.35. The van der Waals surface area contributed by atoms with Gasteiger partial charge in [0, 0.05) is 32.7 Å². The molecule has 2 saturated heterocycles. The lowest BCUT2D eigenvalue weighted by Crippen LogP contribution is -2.33. The molecule has 0 N–H and O–H groups in total. The Morgan fingerprint density at radius 3 is 2.12 bits per heavy atom. The first kappa shape index (κ1) is 16.8. The van der Waals surface area contributed by atoms with E-state index in [2.05, 4.69) is 36.1 Å². The predicted octanol–water partition coefficient (Wildman–Crippen LogP) is 2.75. The van der Waals surface area contributed by atoms with Crippen LogP contribution in [0, 0.1) is 18.8 Å². The van der Waals surface area contributed by atoms with Crippen LogP contribution in [0.2, 0.25) is 0 Å². The van der Waals surface area contributed by atoms with Crippen LogP contribution in [-0.4, -0.2) is 43.8 Å². The molecule has 2 aromatic carbocycles. The van der Waals surface area contributed by atoms with Gasteiger partial charge in [0.25, 0.3) is 0 Å². The largest absolute Gasteiger partial charge is 0.298 e. The zero-order valence-corrected chi connectivity index (χ0v) is 15.3. The van der Waals surface area contributed by atoms with E-state index in [-0.39, 0.29) is 0 Å². The van der Waals surface area contributed by atoms with E-state index in [1.165, 1.54) is 11.1 Å². The molecule has 4 rings (SSSR count). The Kier molecular flexibility index (Phi) is 4.40. The molecule has 132 valence electrons. The van der Waals surface area contributed by atoms with Crippen LogP contribution in [0.15, 0.2) is 59.5 Å². The van der Waals surface area contributed by atoms with Crippen LogP contribution in [-0.2, 0) is 16.6 Å². The summed E-state index contributed by atoms with van der Waals surface area (Å²) in [7, 11) is -3.35. The van der Waals surface area contributed by atoms with E-state index in [0.717, 1.165) is 19.6 Å². The topological polar surface area (TPSA) is 40.6 Å². The van der Waals surface area contributed by atoms with Crippen LogP contribution in [0.3, 0.4) is 0 Å². The van der Waals surface area contributed by atoms with Crippen molar-refractivity contribution in [1.29, 1.82) is 0 Å². The minimum atomic E-state index is -3.35. The first-order chi connectivity index (χ1) is 12.0. The summed E-state index contributed by atoms with van der Waals surface area (Å²) in [4.78, 5) is 2.89. The zero-order chi connectivity index (χ0) is 17.4. The van der Waals surface area contributed by atoms with Crippen molar-refractivity contribution in [3.05, 3.63) is 65.7 Å². The maximum Gasteiger partial charge on any atom is 0.243 e. The summed E-state index contributed by atoms with van der Waals surface area (Å²) in [6, 6.07) is 17.3. The van der Waals surface area contributed by atoms with Gasteiger partial charge in [-0.2, -0.15) is 4.31 Å². The number of sulfonamides is 1. The van der Waals surface area contributed by atoms with Crippen LogP contribution in [0.5, 0.6) is 0 Å². The number of likely N-dealkylation sites (tertiary alicyclic amines) is 1. The normalized spacial score (nSPS) is 24.5. The molecule has 2 aliphatic heterocycles. The van der Waals surface area contributed by atoms with Crippen molar-refractivity contribution in [3.63, 3.8) is 0 Å². The number of hydrogen-bond donors (Lipinski definition) is 0. The zero-order valence-electron chi connectivity index (χ0n) is 14.5. The van der Waals surface area contributed by atoms with E-state index in [4.69, 9.17) is 0 Å². The SMILES string of the molecule is Cc1ccccc1CN1C[C@@H]2CN(S(=O)(=O)c3ccccc3)C[C@H]2C1. The number of aryl methyl sites for hydroxylation is 1. The third-order valence-electron chi connectivity index (χ3n) is 5.56. The summed E-state index contributed by atoms with van der Waals surface area (Å²) in [5.74, 6) is 0.894. The molecule has 2 aliphatic rings. The third-order valence-corrected chi connectivity index (χ3v) is 7.41. The van der Waals surface area contributed by atoms with Gasteiger partial charge in [-0.15, -0.1) is 0 Å². The van der Waals surface area contributed by atoms with Gasteiger partial charge in [-0.25, -0.2) is 8.42 Å². The Hall–Kier alpha value is -1.69. The van der Waals surface area contributed by atoms with E-state index in [9.17, 15) is 8.42 Å². The van der Waals surface area contributed by atoms with E-state index in [0.29, 0.717) is 29.8 Å². The summed E-state index contributed by atoms with van der Waals surface area (Å²) < 4.78 is 27.3. The van der Waals surface area contributed by atoms with Crippen LogP contribution in [0.4, 0.5) is 0 Å². The molecule has 25 heavy (non-hydrogen) atoms. The van der Waals surface area contributed by atoms with E-state index in [1.807, 2.05) is 6.07 Å². The summed E-state index contributed by atoms with van der Waals surface area (Å²) in [6.07, 6.45) is 0. The Morgan fingerprint density at radius 2 is 1.48 bits per heavy atom. The second-order valence-corrected chi connectivity index (χ2v) is 9.21. The highest BCUT2D eigenvalue weighted by molar-refractivity contribution is 7.89. The molecule has 0 spiro atoms. The minimum Gasteiger partial charge on any atom is -0.298 e. The molecule has 2 atom stereocenters. The fourth-order valence-electron chi connectivity index (χ4n) is 4.14. The van der Waals surface area contributed by atoms with Crippen molar-refractivity contribution >= 4 is 10.0 Å². The lowest BCUT2D eigenvalue weighted by molar-refractivity contribution is 0.289. The van der Waals surface area contributed by atoms with Crippen molar-refractivity contribution in [2.45, 2.75) is 18.4 Å². The molecule has 0 bridgehead atoms. The Balaban J connectivity index is 1.42. The van der Waals surface area contributed by atoms with Crippen molar-refractivity contribution < 1.29 is 8.42 Å². The number of rotatable bonds is 4. The van der Waals surface area contributed by atoms with Gasteiger partial charge in [0.05, 0.1) is 4.90 Å². The van der Waals surface area contributed by atoms with Gasteiger partial charge < -0.3 is 0 Å². The van der Waals surface area contributed by atoms with Crippen LogP contribution in [0.1, 0.15) is 11.1 Å². The van der Waals surface area contributed by atoms with Crippen molar-refractivity contribution in [3.8, 4) is 0 Å². The van der Waals surface area contributed by atoms with Crippen LogP contribution < -0.4 is 0 Å². The molecule has 4 nitrogen and oxygen atoms in total. The molecule has 0 radical (unpaired) electrons. The number of benzene rings is 2. The first-order valence-corrected chi connectivity index (χ1v) is 10.3. The molecular formula is C20H24N2O2S. The number of fused-ring (bicyclic) bond motifs is 1. The monoisotopic (exact) mass is 356 g/mol. The van der Waals surface area contributed by atoms with Gasteiger partial charge in [0.1, 0.15) is 0 Å². The fourth-order valence-corrected chi connectivity index (χ4v) is 5.72. The highest BCUT2D eigenvalue weighted by atomic mass is 32.2. The summed E-state index contributed by atoms with van der Waals surface area (Å²) in [5, 5.41) is 0. The maximum absolute atomic E-state index is 12.8. The predicted molar refractivity (Wildman–Crippen MR) is 98.6 cm³/mol. The summed E-state index contributed by atoms with van der Waals surface area (Å²) in [6.45, 7) is 6.38. The quantitative estimate of drug-likeness (QED) is 0.846. The van der Waals surface area contributed by atoms with Gasteiger partial charge in [-0.3, -0.25) is 4.90 Å². The van der Waals surface area contributed by atoms with Gasteiger partial charge in [0.15, 0.2) is 0 Å². The third kappa shape index (κ3) is 3.24. The van der Waals surface area contributed by atoms with E-state index < -0.39 is 10.0 Å². The molecule has 0 unspecified atom stereocenters. The second-order valence-electron chi connectivity index (χ2n) is 7.28. The summed E-state index contributed by atoms with van der Waals surface area (Å²) >= 11 is 0. The summed E-state index contributed by atoms with van der Waals surface area (Å²) in [5.41, 5.74) is 2.70. The Bertz CT molecular complexity index is 837. The van der Waals surface area contributed by atoms with Crippen molar-refractivity contribution in [2.75, 3.05) is 26.2 Å². The first-order valence-electron chi connectivity index (χ1n) is 8.86. The van der Waals surface area contributed by atoms with Crippen LogP contribution in [0.25, 0.3) is 0 Å². The molecule has 0 amide bonds. The second kappa shape index (κ2) is 6.56. The van der Waals surface area contributed by atoms with Gasteiger partial charge in [0.2, 0.25) is 10.0 Å². The average Bonchev–Trinajstić information content (AvgIpc) is 3.17. The lowest BCUT2D eigenvalue weighted by atomic mass is 10.0. The fraction of sp³-hybridized carbons (Fsp3) is 0.400. The molecule has 5 heteroatoms. The number of nitrogens with zero attached hydrogens (tertiary/aromatic N) is 2. The molecule has 2 fully saturated rings. The molecular weight excluding hydrogens is 332 g/mol. The Morgan fingerprint density at radius 1 is 0.880 bits per heavy atom. The van der Waals surface area contributed by atoms with E-state index in [1.54, 1.807) is 28.6 Å². The average molecular weight is 356 g/mol. The lowest BCUT2D eigenvalue weighted by Gasteiger charge is -2.22. The molecule has 2 aromatic rings. The van der Waals surface area contributed by atoms with Crippen LogP contribution >= 0.6 is 0 Å². The minimum absolute atomic E-state index is 0.409. The van der Waals surface area contributed by atoms with Gasteiger partial charge >= 0.3 is 0 Å². The standard InChI is InChI=1S/C20H24N2O2S/c1-16-7-5-6-8-17(16)11-21-12-18-14-22(15-19(18)13-21)25(23,24)20-9-3-2-4-10-20/h2-10,18-19H,11-15H2,1H3/t18-,19-/m1/s1. The van der Waals surface area contributed by atoms with Crippen molar-refractivity contribution in [1.82, 2.24) is 9.21 Å².